The van der Waals surface area contributed by atoms with Gasteiger partial charge in [0, 0.05) is 30.1 Å². The molecule has 0 bridgehead atoms. The van der Waals surface area contributed by atoms with Crippen molar-refractivity contribution in [1.82, 2.24) is 4.90 Å². The van der Waals surface area contributed by atoms with Crippen LogP contribution >= 0.6 is 0 Å². The molecule has 1 amide bonds. The minimum atomic E-state index is 0.173. The number of aliphatic hydroxyl groups is 1. The molecule has 23 heavy (non-hydrogen) atoms. The van der Waals surface area contributed by atoms with Crippen LogP contribution in [0.1, 0.15) is 42.4 Å². The van der Waals surface area contributed by atoms with Crippen LogP contribution in [0.4, 0.5) is 0 Å². The van der Waals surface area contributed by atoms with Gasteiger partial charge in [-0.05, 0) is 50.7 Å². The van der Waals surface area contributed by atoms with Gasteiger partial charge in [0.2, 0.25) is 5.91 Å². The number of fused-ring (bicyclic) bond motifs is 1. The topological polar surface area (TPSA) is 53.7 Å². The number of aryl methyl sites for hydroxylation is 2. The summed E-state index contributed by atoms with van der Waals surface area (Å²) in [6, 6.07) is 4.43. The van der Waals surface area contributed by atoms with E-state index in [0.29, 0.717) is 6.42 Å². The van der Waals surface area contributed by atoms with Crippen molar-refractivity contribution in [3.63, 3.8) is 0 Å². The molecule has 4 nitrogen and oxygen atoms in total. The van der Waals surface area contributed by atoms with E-state index in [9.17, 15) is 4.79 Å². The van der Waals surface area contributed by atoms with Gasteiger partial charge in [-0.1, -0.05) is 12.1 Å². The Balaban J connectivity index is 1.76. The molecule has 0 radical (unpaired) electrons. The Labute approximate surface area is 137 Å². The smallest absolute Gasteiger partial charge is 0.227 e. The monoisotopic (exact) mass is 315 g/mol. The van der Waals surface area contributed by atoms with Gasteiger partial charge in [-0.25, -0.2) is 0 Å². The van der Waals surface area contributed by atoms with E-state index in [1.54, 1.807) is 6.26 Å². The summed E-state index contributed by atoms with van der Waals surface area (Å²) in [5, 5.41) is 10.1. The van der Waals surface area contributed by atoms with Crippen molar-refractivity contribution in [2.24, 2.45) is 0 Å². The van der Waals surface area contributed by atoms with Gasteiger partial charge in [0.25, 0.3) is 0 Å². The predicted octanol–water partition coefficient (Wildman–Crippen LogP) is 3.36. The average Bonchev–Trinajstić information content (AvgIpc) is 3.16. The Morgan fingerprint density at radius 2 is 2.22 bits per heavy atom. The van der Waals surface area contributed by atoms with E-state index in [0.717, 1.165) is 54.3 Å². The van der Waals surface area contributed by atoms with Crippen molar-refractivity contribution in [3.05, 3.63) is 35.1 Å². The molecule has 1 aliphatic heterocycles. The molecule has 3 rings (SSSR count). The molecule has 1 aromatic heterocycles. The van der Waals surface area contributed by atoms with Crippen molar-refractivity contribution in [2.45, 2.75) is 52.0 Å². The molecule has 1 atom stereocenters. The first-order valence-electron chi connectivity index (χ1n) is 8.48. The molecule has 1 N–H and O–H groups in total. The van der Waals surface area contributed by atoms with Crippen LogP contribution in [-0.2, 0) is 11.2 Å². The number of nitrogens with zero attached hydrogens (tertiary/aromatic N) is 1. The van der Waals surface area contributed by atoms with E-state index >= 15 is 0 Å². The van der Waals surface area contributed by atoms with Crippen molar-refractivity contribution in [3.8, 4) is 0 Å². The third-order valence-electron chi connectivity index (χ3n) is 5.08. The first kappa shape index (κ1) is 16.1. The Bertz CT molecular complexity index is 704. The number of carbonyl (C=O) groups is 1. The first-order chi connectivity index (χ1) is 11.1. The van der Waals surface area contributed by atoms with Crippen LogP contribution in [0, 0.1) is 13.8 Å². The molecule has 0 aliphatic carbocycles. The lowest BCUT2D eigenvalue weighted by atomic mass is 10.0. The molecule has 1 fully saturated rings. The second-order valence-electron chi connectivity index (χ2n) is 6.57. The lowest BCUT2D eigenvalue weighted by Gasteiger charge is -2.24. The summed E-state index contributed by atoms with van der Waals surface area (Å²) >= 11 is 0. The van der Waals surface area contributed by atoms with Gasteiger partial charge in [0.05, 0.1) is 12.7 Å². The summed E-state index contributed by atoms with van der Waals surface area (Å²) in [4.78, 5) is 14.7. The standard InChI is InChI=1S/C19H25NO3/c1-13-7-8-17-15(12-23-19(17)14(13)2)11-18(22)20-9-3-5-16(20)6-4-10-21/h7-8,12,16,21H,3-6,9-11H2,1-2H3. The van der Waals surface area contributed by atoms with Crippen LogP contribution < -0.4 is 0 Å². The van der Waals surface area contributed by atoms with Gasteiger partial charge in [-0.2, -0.15) is 0 Å². The van der Waals surface area contributed by atoms with Crippen LogP contribution in [0.2, 0.25) is 0 Å². The van der Waals surface area contributed by atoms with E-state index in [4.69, 9.17) is 9.52 Å². The molecule has 1 aromatic carbocycles. The minimum Gasteiger partial charge on any atom is -0.464 e. The number of hydrogen-bond donors (Lipinski definition) is 1. The SMILES string of the molecule is Cc1ccc2c(CC(=O)N3CCCC3CCCO)coc2c1C. The normalized spacial score (nSPS) is 18.0. The molecule has 2 heterocycles. The fraction of sp³-hybridized carbons (Fsp3) is 0.526. The molecular weight excluding hydrogens is 290 g/mol. The highest BCUT2D eigenvalue weighted by molar-refractivity contribution is 5.89. The van der Waals surface area contributed by atoms with Crippen molar-refractivity contribution >= 4 is 16.9 Å². The Morgan fingerprint density at radius 3 is 3.00 bits per heavy atom. The van der Waals surface area contributed by atoms with Gasteiger partial charge >= 0.3 is 0 Å². The molecule has 124 valence electrons. The van der Waals surface area contributed by atoms with Gasteiger partial charge in [-0.15, -0.1) is 0 Å². The molecule has 1 saturated heterocycles. The highest BCUT2D eigenvalue weighted by Crippen LogP contribution is 2.28. The summed E-state index contributed by atoms with van der Waals surface area (Å²) in [6.45, 7) is 5.16. The zero-order valence-corrected chi connectivity index (χ0v) is 14.0. The number of rotatable bonds is 5. The van der Waals surface area contributed by atoms with Crippen LogP contribution in [0.15, 0.2) is 22.8 Å². The quantitative estimate of drug-likeness (QED) is 0.920. The number of amides is 1. The third-order valence-corrected chi connectivity index (χ3v) is 5.08. The summed E-state index contributed by atoms with van der Waals surface area (Å²) in [7, 11) is 0. The molecule has 0 spiro atoms. The Hall–Kier alpha value is -1.81. The molecule has 2 aromatic rings. The Morgan fingerprint density at radius 1 is 1.39 bits per heavy atom. The lowest BCUT2D eigenvalue weighted by molar-refractivity contribution is -0.131. The summed E-state index contributed by atoms with van der Waals surface area (Å²) in [5.74, 6) is 0.173. The number of carbonyl (C=O) groups excluding carboxylic acids is 1. The predicted molar refractivity (Wildman–Crippen MR) is 90.4 cm³/mol. The van der Waals surface area contributed by atoms with E-state index < -0.39 is 0 Å². The molecule has 4 heteroatoms. The van der Waals surface area contributed by atoms with E-state index in [-0.39, 0.29) is 18.6 Å². The van der Waals surface area contributed by atoms with Crippen LogP contribution in [0.5, 0.6) is 0 Å². The minimum absolute atomic E-state index is 0.173. The summed E-state index contributed by atoms with van der Waals surface area (Å²) in [5.41, 5.74) is 4.21. The van der Waals surface area contributed by atoms with E-state index in [1.165, 1.54) is 5.56 Å². The lowest BCUT2D eigenvalue weighted by Crippen LogP contribution is -2.36. The Kier molecular flexibility index (Phi) is 4.71. The third kappa shape index (κ3) is 3.13. The summed E-state index contributed by atoms with van der Waals surface area (Å²) < 4.78 is 5.71. The maximum Gasteiger partial charge on any atom is 0.227 e. The van der Waals surface area contributed by atoms with Crippen LogP contribution in [0.25, 0.3) is 11.0 Å². The first-order valence-corrected chi connectivity index (χ1v) is 8.48. The maximum atomic E-state index is 12.7. The fourth-order valence-electron chi connectivity index (χ4n) is 3.58. The zero-order chi connectivity index (χ0) is 16.4. The number of benzene rings is 1. The van der Waals surface area contributed by atoms with Crippen molar-refractivity contribution in [1.29, 1.82) is 0 Å². The largest absolute Gasteiger partial charge is 0.464 e. The number of furan rings is 1. The summed E-state index contributed by atoms with van der Waals surface area (Å²) in [6.07, 6.45) is 5.90. The highest BCUT2D eigenvalue weighted by atomic mass is 16.3. The molecule has 1 unspecified atom stereocenters. The zero-order valence-electron chi connectivity index (χ0n) is 14.0. The van der Waals surface area contributed by atoms with Crippen LogP contribution in [-0.4, -0.2) is 35.1 Å². The van der Waals surface area contributed by atoms with E-state index in [1.807, 2.05) is 4.90 Å². The second-order valence-corrected chi connectivity index (χ2v) is 6.57. The number of aliphatic hydroxyl groups excluding tert-OH is 1. The second kappa shape index (κ2) is 6.75. The fourth-order valence-corrected chi connectivity index (χ4v) is 3.58. The number of hydrogen-bond acceptors (Lipinski definition) is 3. The molecule has 1 aliphatic rings. The maximum absolute atomic E-state index is 12.7. The van der Waals surface area contributed by atoms with Crippen molar-refractivity contribution < 1.29 is 14.3 Å². The van der Waals surface area contributed by atoms with Gasteiger partial charge in [-0.3, -0.25) is 4.79 Å². The van der Waals surface area contributed by atoms with Gasteiger partial charge in [0.1, 0.15) is 5.58 Å². The number of likely N-dealkylation sites (tertiary alicyclic amines) is 1. The van der Waals surface area contributed by atoms with Gasteiger partial charge < -0.3 is 14.4 Å². The van der Waals surface area contributed by atoms with E-state index in [2.05, 4.69) is 26.0 Å². The van der Waals surface area contributed by atoms with Crippen LogP contribution in [0.3, 0.4) is 0 Å². The molecular formula is C19H25NO3. The van der Waals surface area contributed by atoms with Gasteiger partial charge in [0.15, 0.2) is 0 Å². The highest BCUT2D eigenvalue weighted by Gasteiger charge is 2.28. The van der Waals surface area contributed by atoms with Crippen molar-refractivity contribution in [2.75, 3.05) is 13.2 Å². The molecule has 0 saturated carbocycles. The average molecular weight is 315 g/mol.